The molecule has 2 amide bonds. The Balaban J connectivity index is 2.06. The summed E-state index contributed by atoms with van der Waals surface area (Å²) in [7, 11) is 0. The standard InChI is InChI=1S/C12H13ClN2O3/c13-7-11(16)14-8-12(17)15-5-6-18-10-4-2-1-3-9(10)15/h1-4H,5-8H2,(H,14,16). The number of anilines is 1. The molecule has 0 aromatic heterocycles. The molecule has 5 nitrogen and oxygen atoms in total. The number of carbonyl (C=O) groups is 2. The summed E-state index contributed by atoms with van der Waals surface area (Å²) in [6.45, 7) is 0.874. The molecule has 1 aliphatic rings. The van der Waals surface area contributed by atoms with Crippen molar-refractivity contribution in [2.24, 2.45) is 0 Å². The van der Waals surface area contributed by atoms with Gasteiger partial charge in [0.1, 0.15) is 18.2 Å². The zero-order valence-electron chi connectivity index (χ0n) is 9.69. The van der Waals surface area contributed by atoms with Crippen molar-refractivity contribution in [3.8, 4) is 5.75 Å². The first kappa shape index (κ1) is 12.7. The molecule has 0 aliphatic carbocycles. The molecule has 1 aromatic carbocycles. The summed E-state index contributed by atoms with van der Waals surface area (Å²) < 4.78 is 5.45. The number of hydrogen-bond donors (Lipinski definition) is 1. The lowest BCUT2D eigenvalue weighted by Crippen LogP contribution is -2.44. The molecule has 0 bridgehead atoms. The number of amides is 2. The van der Waals surface area contributed by atoms with Gasteiger partial charge in [0.15, 0.2) is 0 Å². The van der Waals surface area contributed by atoms with Crippen LogP contribution in [-0.2, 0) is 9.59 Å². The fourth-order valence-electron chi connectivity index (χ4n) is 1.75. The summed E-state index contributed by atoms with van der Waals surface area (Å²) >= 11 is 5.35. The zero-order valence-corrected chi connectivity index (χ0v) is 10.4. The Morgan fingerprint density at radius 3 is 2.94 bits per heavy atom. The topological polar surface area (TPSA) is 58.6 Å². The van der Waals surface area contributed by atoms with Crippen molar-refractivity contribution < 1.29 is 14.3 Å². The molecule has 0 unspecified atom stereocenters. The van der Waals surface area contributed by atoms with Gasteiger partial charge >= 0.3 is 0 Å². The van der Waals surface area contributed by atoms with Crippen molar-refractivity contribution in [2.75, 3.05) is 30.5 Å². The van der Waals surface area contributed by atoms with Crippen LogP contribution in [0.15, 0.2) is 24.3 Å². The molecule has 1 aliphatic heterocycles. The summed E-state index contributed by atoms with van der Waals surface area (Å²) in [4.78, 5) is 24.6. The molecule has 2 rings (SSSR count). The van der Waals surface area contributed by atoms with Gasteiger partial charge in [-0.15, -0.1) is 11.6 Å². The molecular formula is C12H13ClN2O3. The molecule has 1 N–H and O–H groups in total. The molecule has 0 atom stereocenters. The van der Waals surface area contributed by atoms with Crippen LogP contribution in [0.25, 0.3) is 0 Å². The number of halogens is 1. The van der Waals surface area contributed by atoms with Crippen LogP contribution in [0.3, 0.4) is 0 Å². The second-order valence-corrected chi connectivity index (χ2v) is 4.04. The minimum Gasteiger partial charge on any atom is -0.490 e. The van der Waals surface area contributed by atoms with E-state index in [1.165, 1.54) is 0 Å². The van der Waals surface area contributed by atoms with E-state index >= 15 is 0 Å². The number of nitrogens with one attached hydrogen (secondary N) is 1. The van der Waals surface area contributed by atoms with Crippen LogP contribution in [0.5, 0.6) is 5.75 Å². The zero-order chi connectivity index (χ0) is 13.0. The smallest absolute Gasteiger partial charge is 0.246 e. The highest BCUT2D eigenvalue weighted by molar-refractivity contribution is 6.27. The number of benzene rings is 1. The number of ether oxygens (including phenoxy) is 1. The van der Waals surface area contributed by atoms with E-state index in [2.05, 4.69) is 5.32 Å². The number of nitrogens with zero attached hydrogens (tertiary/aromatic N) is 1. The van der Waals surface area contributed by atoms with Gasteiger partial charge in [-0.3, -0.25) is 9.59 Å². The van der Waals surface area contributed by atoms with Crippen LogP contribution in [0.1, 0.15) is 0 Å². The number of fused-ring (bicyclic) bond motifs is 1. The largest absolute Gasteiger partial charge is 0.490 e. The Kier molecular flexibility index (Phi) is 4.04. The fraction of sp³-hybridized carbons (Fsp3) is 0.333. The molecular weight excluding hydrogens is 256 g/mol. The summed E-state index contributed by atoms with van der Waals surface area (Å²) in [5.41, 5.74) is 0.730. The average Bonchev–Trinajstić information content (AvgIpc) is 2.43. The normalized spacial score (nSPS) is 13.5. The first-order valence-electron chi connectivity index (χ1n) is 5.57. The van der Waals surface area contributed by atoms with E-state index < -0.39 is 0 Å². The number of rotatable bonds is 3. The highest BCUT2D eigenvalue weighted by Crippen LogP contribution is 2.30. The molecule has 18 heavy (non-hydrogen) atoms. The van der Waals surface area contributed by atoms with E-state index in [1.807, 2.05) is 24.3 Å². The Hall–Kier alpha value is -1.75. The van der Waals surface area contributed by atoms with E-state index in [0.29, 0.717) is 18.9 Å². The van der Waals surface area contributed by atoms with Crippen molar-refractivity contribution in [3.63, 3.8) is 0 Å². The van der Waals surface area contributed by atoms with Crippen molar-refractivity contribution in [1.82, 2.24) is 5.32 Å². The fourth-order valence-corrected chi connectivity index (χ4v) is 1.84. The highest BCUT2D eigenvalue weighted by Gasteiger charge is 2.23. The van der Waals surface area contributed by atoms with Gasteiger partial charge in [-0.2, -0.15) is 0 Å². The summed E-state index contributed by atoms with van der Waals surface area (Å²) in [6.07, 6.45) is 0. The van der Waals surface area contributed by atoms with Gasteiger partial charge in [0.25, 0.3) is 0 Å². The molecule has 0 saturated carbocycles. The number of para-hydroxylation sites is 2. The van der Waals surface area contributed by atoms with Crippen molar-refractivity contribution >= 4 is 29.1 Å². The van der Waals surface area contributed by atoms with Crippen LogP contribution in [0.4, 0.5) is 5.69 Å². The minimum absolute atomic E-state index is 0.0557. The first-order chi connectivity index (χ1) is 8.72. The maximum atomic E-state index is 12.0. The van der Waals surface area contributed by atoms with Crippen molar-refractivity contribution in [2.45, 2.75) is 0 Å². The number of alkyl halides is 1. The van der Waals surface area contributed by atoms with E-state index in [1.54, 1.807) is 4.90 Å². The lowest BCUT2D eigenvalue weighted by atomic mass is 10.2. The van der Waals surface area contributed by atoms with Gasteiger partial charge in [-0.25, -0.2) is 0 Å². The third kappa shape index (κ3) is 2.73. The van der Waals surface area contributed by atoms with Gasteiger partial charge in [-0.1, -0.05) is 12.1 Å². The maximum absolute atomic E-state index is 12.0. The van der Waals surface area contributed by atoms with E-state index in [9.17, 15) is 9.59 Å². The summed E-state index contributed by atoms with van der Waals surface area (Å²) in [5, 5.41) is 2.46. The predicted molar refractivity (Wildman–Crippen MR) is 68.0 cm³/mol. The third-order valence-corrected chi connectivity index (χ3v) is 2.83. The molecule has 6 heteroatoms. The van der Waals surface area contributed by atoms with E-state index in [0.717, 1.165) is 5.69 Å². The molecule has 0 saturated heterocycles. The van der Waals surface area contributed by atoms with E-state index in [-0.39, 0.29) is 24.2 Å². The summed E-state index contributed by atoms with van der Waals surface area (Å²) in [5.74, 6) is 0.00373. The molecule has 96 valence electrons. The van der Waals surface area contributed by atoms with Crippen LogP contribution in [0, 0.1) is 0 Å². The van der Waals surface area contributed by atoms with Crippen molar-refractivity contribution in [1.29, 1.82) is 0 Å². The second kappa shape index (κ2) is 5.73. The second-order valence-electron chi connectivity index (χ2n) is 3.77. The molecule has 1 aromatic rings. The average molecular weight is 269 g/mol. The molecule has 0 fully saturated rings. The van der Waals surface area contributed by atoms with Crippen LogP contribution < -0.4 is 15.0 Å². The molecule has 0 radical (unpaired) electrons. The van der Waals surface area contributed by atoms with Gasteiger partial charge in [0, 0.05) is 0 Å². The highest BCUT2D eigenvalue weighted by atomic mass is 35.5. The first-order valence-corrected chi connectivity index (χ1v) is 6.10. The Morgan fingerprint density at radius 1 is 1.39 bits per heavy atom. The van der Waals surface area contributed by atoms with Gasteiger partial charge in [-0.05, 0) is 12.1 Å². The lowest BCUT2D eigenvalue weighted by Gasteiger charge is -2.29. The maximum Gasteiger partial charge on any atom is 0.246 e. The summed E-state index contributed by atoms with van der Waals surface area (Å²) in [6, 6.07) is 7.31. The van der Waals surface area contributed by atoms with Crippen molar-refractivity contribution in [3.05, 3.63) is 24.3 Å². The van der Waals surface area contributed by atoms with Crippen LogP contribution in [0.2, 0.25) is 0 Å². The Bertz CT molecular complexity index is 464. The lowest BCUT2D eigenvalue weighted by molar-refractivity contribution is -0.123. The number of carbonyl (C=O) groups excluding carboxylic acids is 2. The molecule has 0 spiro atoms. The SMILES string of the molecule is O=C(CCl)NCC(=O)N1CCOc2ccccc21. The minimum atomic E-state index is -0.355. The number of hydrogen-bond acceptors (Lipinski definition) is 3. The van der Waals surface area contributed by atoms with Crippen LogP contribution in [-0.4, -0.2) is 37.4 Å². The van der Waals surface area contributed by atoms with Crippen LogP contribution >= 0.6 is 11.6 Å². The van der Waals surface area contributed by atoms with E-state index in [4.69, 9.17) is 16.3 Å². The quantitative estimate of drug-likeness (QED) is 0.824. The third-order valence-electron chi connectivity index (χ3n) is 2.59. The Labute approximate surface area is 110 Å². The monoisotopic (exact) mass is 268 g/mol. The van der Waals surface area contributed by atoms with Gasteiger partial charge < -0.3 is 15.0 Å². The molecule has 1 heterocycles. The van der Waals surface area contributed by atoms with Gasteiger partial charge in [0.2, 0.25) is 11.8 Å². The Morgan fingerprint density at radius 2 is 2.17 bits per heavy atom. The predicted octanol–water partition coefficient (Wildman–Crippen LogP) is 0.767. The van der Waals surface area contributed by atoms with Gasteiger partial charge in [0.05, 0.1) is 18.8 Å².